The van der Waals surface area contributed by atoms with Gasteiger partial charge in [0.05, 0.1) is 13.7 Å². The van der Waals surface area contributed by atoms with Gasteiger partial charge >= 0.3 is 12.1 Å². The first-order valence-electron chi connectivity index (χ1n) is 11.2. The molecule has 0 unspecified atom stereocenters. The Kier molecular flexibility index (Phi) is 11.5. The van der Waals surface area contributed by atoms with Gasteiger partial charge in [-0.1, -0.05) is 32.1 Å². The highest BCUT2D eigenvalue weighted by Crippen LogP contribution is 2.15. The topological polar surface area (TPSA) is 103 Å². The van der Waals surface area contributed by atoms with Crippen molar-refractivity contribution in [3.63, 3.8) is 0 Å². The van der Waals surface area contributed by atoms with E-state index in [0.717, 1.165) is 12.0 Å². The number of alkyl carbamates (subject to hydrolysis) is 1. The molecule has 0 saturated carbocycles. The van der Waals surface area contributed by atoms with Crippen LogP contribution in [0.25, 0.3) is 0 Å². The Morgan fingerprint density at radius 3 is 2.21 bits per heavy atom. The van der Waals surface area contributed by atoms with E-state index in [9.17, 15) is 14.4 Å². The summed E-state index contributed by atoms with van der Waals surface area (Å²) in [5.74, 6) is -0.179. The Balaban J connectivity index is 2.99. The number of benzene rings is 1. The third-order valence-electron chi connectivity index (χ3n) is 4.47. The van der Waals surface area contributed by atoms with Gasteiger partial charge in [-0.05, 0) is 57.2 Å². The van der Waals surface area contributed by atoms with E-state index in [-0.39, 0.29) is 12.3 Å². The molecule has 1 rings (SSSR count). The second kappa shape index (κ2) is 13.5. The van der Waals surface area contributed by atoms with Gasteiger partial charge in [-0.2, -0.15) is 0 Å². The number of amides is 2. The van der Waals surface area contributed by atoms with Gasteiger partial charge in [0.15, 0.2) is 0 Å². The van der Waals surface area contributed by atoms with E-state index in [1.54, 1.807) is 39.0 Å². The normalized spacial score (nSPS) is 12.9. The third-order valence-corrected chi connectivity index (χ3v) is 4.47. The largest absolute Gasteiger partial charge is 0.493 e. The van der Waals surface area contributed by atoms with Gasteiger partial charge in [0, 0.05) is 6.42 Å². The van der Waals surface area contributed by atoms with Crippen LogP contribution in [0.5, 0.6) is 5.75 Å². The summed E-state index contributed by atoms with van der Waals surface area (Å²) in [5.41, 5.74) is 0.0857. The monoisotopic (exact) mass is 462 g/mol. The highest BCUT2D eigenvalue weighted by Gasteiger charge is 2.29. The summed E-state index contributed by atoms with van der Waals surface area (Å²) in [6.07, 6.45) is 2.41. The first-order chi connectivity index (χ1) is 15.4. The molecule has 8 nitrogen and oxygen atoms in total. The van der Waals surface area contributed by atoms with Crippen LogP contribution in [0.15, 0.2) is 36.9 Å². The van der Waals surface area contributed by atoms with Crippen LogP contribution in [0.1, 0.15) is 53.0 Å². The smallest absolute Gasteiger partial charge is 0.408 e. The van der Waals surface area contributed by atoms with Gasteiger partial charge < -0.3 is 24.8 Å². The molecule has 0 spiro atoms. The van der Waals surface area contributed by atoms with Crippen LogP contribution in [0.3, 0.4) is 0 Å². The molecule has 1 aromatic carbocycles. The predicted octanol–water partition coefficient (Wildman–Crippen LogP) is 3.78. The van der Waals surface area contributed by atoms with E-state index < -0.39 is 35.7 Å². The highest BCUT2D eigenvalue weighted by atomic mass is 16.6. The van der Waals surface area contributed by atoms with Crippen LogP contribution in [0.2, 0.25) is 0 Å². The number of nitrogens with one attached hydrogen (secondary N) is 2. The van der Waals surface area contributed by atoms with Crippen LogP contribution in [0.4, 0.5) is 4.79 Å². The fraction of sp³-hybridized carbons (Fsp3) is 0.560. The molecule has 0 aromatic heterocycles. The van der Waals surface area contributed by atoms with Gasteiger partial charge in [-0.3, -0.25) is 4.79 Å². The lowest BCUT2D eigenvalue weighted by molar-refractivity contribution is -0.145. The van der Waals surface area contributed by atoms with Gasteiger partial charge in [0.25, 0.3) is 0 Å². The van der Waals surface area contributed by atoms with Crippen molar-refractivity contribution in [1.82, 2.24) is 10.6 Å². The Hall–Kier alpha value is -3.03. The van der Waals surface area contributed by atoms with Crippen LogP contribution >= 0.6 is 0 Å². The number of hydrogen-bond donors (Lipinski definition) is 2. The van der Waals surface area contributed by atoms with Crippen LogP contribution in [-0.2, 0) is 25.5 Å². The lowest BCUT2D eigenvalue weighted by atomic mass is 10.0. The summed E-state index contributed by atoms with van der Waals surface area (Å²) >= 11 is 0. The van der Waals surface area contributed by atoms with Gasteiger partial charge in [0.2, 0.25) is 5.91 Å². The summed E-state index contributed by atoms with van der Waals surface area (Å²) in [5, 5.41) is 5.34. The zero-order chi connectivity index (χ0) is 25.0. The molecule has 0 aliphatic rings. The zero-order valence-corrected chi connectivity index (χ0v) is 20.6. The molecular weight excluding hydrogens is 424 g/mol. The third kappa shape index (κ3) is 11.4. The van der Waals surface area contributed by atoms with Crippen molar-refractivity contribution >= 4 is 18.0 Å². The number of methoxy groups -OCH3 is 1. The van der Waals surface area contributed by atoms with Crippen molar-refractivity contribution in [3.8, 4) is 5.75 Å². The van der Waals surface area contributed by atoms with Gasteiger partial charge in [-0.15, -0.1) is 6.58 Å². The minimum atomic E-state index is -0.952. The fourth-order valence-corrected chi connectivity index (χ4v) is 2.98. The quantitative estimate of drug-likeness (QED) is 0.278. The minimum Gasteiger partial charge on any atom is -0.493 e. The lowest BCUT2D eigenvalue weighted by Gasteiger charge is -2.25. The number of hydrogen-bond acceptors (Lipinski definition) is 6. The molecule has 33 heavy (non-hydrogen) atoms. The van der Waals surface area contributed by atoms with E-state index in [0.29, 0.717) is 18.8 Å². The second-order valence-electron chi connectivity index (χ2n) is 9.19. The van der Waals surface area contributed by atoms with Crippen molar-refractivity contribution in [1.29, 1.82) is 0 Å². The molecular formula is C25H38N2O6. The molecule has 0 aliphatic heterocycles. The fourth-order valence-electron chi connectivity index (χ4n) is 2.98. The average Bonchev–Trinajstić information content (AvgIpc) is 2.71. The number of rotatable bonds is 12. The predicted molar refractivity (Wildman–Crippen MR) is 127 cm³/mol. The SMILES string of the molecule is C=CCCOc1ccc(C[C@H](NC(=O)OC(C)(C)C)C(=O)N[C@@H](CC(C)C)C(=O)OC)cc1. The molecule has 0 bridgehead atoms. The first kappa shape index (κ1) is 28.0. The molecule has 2 atom stereocenters. The summed E-state index contributed by atoms with van der Waals surface area (Å²) in [7, 11) is 1.27. The Labute approximate surface area is 197 Å². The molecule has 1 aromatic rings. The van der Waals surface area contributed by atoms with Gasteiger partial charge in [-0.25, -0.2) is 9.59 Å². The van der Waals surface area contributed by atoms with Crippen LogP contribution in [0, 0.1) is 5.92 Å². The summed E-state index contributed by atoms with van der Waals surface area (Å²) < 4.78 is 15.8. The molecule has 2 N–H and O–H groups in total. The van der Waals surface area contributed by atoms with Crippen LogP contribution < -0.4 is 15.4 Å². The summed E-state index contributed by atoms with van der Waals surface area (Å²) in [4.78, 5) is 37.6. The maximum Gasteiger partial charge on any atom is 0.408 e. The first-order valence-corrected chi connectivity index (χ1v) is 11.2. The number of ether oxygens (including phenoxy) is 3. The Morgan fingerprint density at radius 1 is 1.06 bits per heavy atom. The molecule has 0 aliphatic carbocycles. The van der Waals surface area contributed by atoms with E-state index in [2.05, 4.69) is 17.2 Å². The van der Waals surface area contributed by atoms with Crippen molar-refractivity contribution in [2.45, 2.75) is 71.6 Å². The molecule has 0 heterocycles. The van der Waals surface area contributed by atoms with Crippen molar-refractivity contribution in [2.24, 2.45) is 5.92 Å². The Morgan fingerprint density at radius 2 is 1.70 bits per heavy atom. The number of esters is 1. The minimum absolute atomic E-state index is 0.153. The Bertz CT molecular complexity index is 783. The van der Waals surface area contributed by atoms with Crippen LogP contribution in [-0.4, -0.2) is 49.4 Å². The van der Waals surface area contributed by atoms with Crippen molar-refractivity contribution in [3.05, 3.63) is 42.5 Å². The molecule has 184 valence electrons. The number of carbonyl (C=O) groups is 3. The molecule has 0 saturated heterocycles. The van der Waals surface area contributed by atoms with E-state index in [4.69, 9.17) is 14.2 Å². The highest BCUT2D eigenvalue weighted by molar-refractivity contribution is 5.89. The molecule has 2 amide bonds. The molecule has 0 fully saturated rings. The van der Waals surface area contributed by atoms with Gasteiger partial charge in [0.1, 0.15) is 23.4 Å². The summed E-state index contributed by atoms with van der Waals surface area (Å²) in [6, 6.07) is 5.49. The van der Waals surface area contributed by atoms with E-state index >= 15 is 0 Å². The summed E-state index contributed by atoms with van der Waals surface area (Å²) in [6.45, 7) is 13.3. The second-order valence-corrected chi connectivity index (χ2v) is 9.19. The van der Waals surface area contributed by atoms with Crippen molar-refractivity contribution < 1.29 is 28.6 Å². The lowest BCUT2D eigenvalue weighted by Crippen LogP contribution is -2.53. The molecule has 0 radical (unpaired) electrons. The maximum atomic E-state index is 13.1. The molecule has 8 heteroatoms. The average molecular weight is 463 g/mol. The maximum absolute atomic E-state index is 13.1. The van der Waals surface area contributed by atoms with E-state index in [1.807, 2.05) is 26.0 Å². The number of carbonyl (C=O) groups excluding carboxylic acids is 3. The standard InChI is InChI=1S/C25H38N2O6/c1-8-9-14-32-19-12-10-18(11-13-19)16-20(27-24(30)33-25(4,5)6)22(28)26-21(15-17(2)3)23(29)31-7/h8,10-13,17,20-21H,1,9,14-16H2,2-7H3,(H,26,28)(H,27,30)/t20-,21-/m0/s1. The van der Waals surface area contributed by atoms with Crippen molar-refractivity contribution in [2.75, 3.05) is 13.7 Å². The zero-order valence-electron chi connectivity index (χ0n) is 20.6. The van der Waals surface area contributed by atoms with E-state index in [1.165, 1.54) is 7.11 Å².